The summed E-state index contributed by atoms with van der Waals surface area (Å²) in [6.07, 6.45) is -0.893. The molecule has 0 aliphatic carbocycles. The van der Waals surface area contributed by atoms with Gasteiger partial charge >= 0.3 is 6.09 Å². The molecule has 0 saturated heterocycles. The van der Waals surface area contributed by atoms with Gasteiger partial charge in [-0.2, -0.15) is 0 Å². The van der Waals surface area contributed by atoms with Crippen molar-refractivity contribution in [1.82, 2.24) is 5.32 Å². The minimum atomic E-state index is -0.461. The molecule has 24 heavy (non-hydrogen) atoms. The number of aryl methyl sites for hydroxylation is 2. The van der Waals surface area contributed by atoms with Crippen LogP contribution in [0.2, 0.25) is 0 Å². The Morgan fingerprint density at radius 1 is 1.00 bits per heavy atom. The number of carbonyl (C=O) groups excluding carboxylic acids is 1. The lowest BCUT2D eigenvalue weighted by Gasteiger charge is -2.19. The van der Waals surface area contributed by atoms with Crippen molar-refractivity contribution in [3.05, 3.63) is 70.8 Å². The zero-order chi connectivity index (χ0) is 17.9. The van der Waals surface area contributed by atoms with Gasteiger partial charge in [-0.25, -0.2) is 4.79 Å². The van der Waals surface area contributed by atoms with Crippen LogP contribution in [0.5, 0.6) is 0 Å². The average Bonchev–Trinajstić information content (AvgIpc) is 2.61. The first-order valence-electron chi connectivity index (χ1n) is 7.52. The molecule has 130 valence electrons. The van der Waals surface area contributed by atoms with Gasteiger partial charge in [-0.05, 0) is 25.0 Å². The lowest BCUT2D eigenvalue weighted by molar-refractivity contribution is 0.117. The Bertz CT molecular complexity index is 570. The van der Waals surface area contributed by atoms with Crippen LogP contribution in [0.4, 0.5) is 4.79 Å². The Labute approximate surface area is 166 Å². The fraction of sp³-hybridized carbons (Fsp3) is 0.278. The molecule has 0 unspecified atom stereocenters. The maximum absolute atomic E-state index is 11.9. The van der Waals surface area contributed by atoms with E-state index in [9.17, 15) is 4.79 Å². The molecule has 2 rings (SSSR count). The molecule has 2 aromatic carbocycles. The van der Waals surface area contributed by atoms with Crippen LogP contribution in [0.15, 0.2) is 48.5 Å². The second-order valence-corrected chi connectivity index (χ2v) is 5.32. The molecule has 0 spiro atoms. The molecule has 0 radical (unpaired) electrons. The van der Waals surface area contributed by atoms with Gasteiger partial charge in [0.25, 0.3) is 0 Å². The standard InChI is InChI=1S/C18H22N2O2.I2/c1-13-3-7-15(8-4-13)17(22-18(21)20-12-11-19)16-9-5-14(2)6-10-16;1-2/h3-10,17H,11-12,19H2,1-2H3,(H,20,21);. The fourth-order valence-corrected chi connectivity index (χ4v) is 2.13. The van der Waals surface area contributed by atoms with Crippen molar-refractivity contribution in [2.45, 2.75) is 20.0 Å². The number of nitrogens with two attached hydrogens (primary N) is 1. The summed E-state index contributed by atoms with van der Waals surface area (Å²) >= 11 is 4.24. The normalized spacial score (nSPS) is 9.92. The molecular weight excluding hydrogens is 530 g/mol. The van der Waals surface area contributed by atoms with Gasteiger partial charge in [0.15, 0.2) is 6.10 Å². The molecule has 1 amide bonds. The number of hydrogen-bond donors (Lipinski definition) is 2. The van der Waals surface area contributed by atoms with Crippen LogP contribution >= 0.6 is 37.2 Å². The van der Waals surface area contributed by atoms with Crippen LogP contribution in [-0.4, -0.2) is 19.2 Å². The quantitative estimate of drug-likeness (QED) is 0.522. The minimum absolute atomic E-state index is 0.384. The van der Waals surface area contributed by atoms with Gasteiger partial charge in [-0.15, -0.1) is 0 Å². The highest BCUT2D eigenvalue weighted by Gasteiger charge is 2.18. The van der Waals surface area contributed by atoms with E-state index in [1.807, 2.05) is 62.4 Å². The lowest BCUT2D eigenvalue weighted by atomic mass is 9.99. The fourth-order valence-electron chi connectivity index (χ4n) is 2.13. The molecule has 2 aromatic rings. The molecule has 0 aliphatic rings. The molecule has 0 heterocycles. The number of nitrogens with one attached hydrogen (secondary N) is 1. The molecule has 0 saturated carbocycles. The predicted octanol–water partition coefficient (Wildman–Crippen LogP) is 4.85. The van der Waals surface area contributed by atoms with E-state index in [4.69, 9.17) is 10.5 Å². The zero-order valence-corrected chi connectivity index (χ0v) is 18.1. The second kappa shape index (κ2) is 11.6. The van der Waals surface area contributed by atoms with Gasteiger partial charge in [0.1, 0.15) is 0 Å². The molecule has 6 heteroatoms. The minimum Gasteiger partial charge on any atom is -0.436 e. The number of rotatable bonds is 5. The SMILES string of the molecule is Cc1ccc(C(OC(=O)NCCN)c2ccc(C)cc2)cc1.II. The Morgan fingerprint density at radius 2 is 1.42 bits per heavy atom. The van der Waals surface area contributed by atoms with E-state index in [0.29, 0.717) is 13.1 Å². The Hall–Kier alpha value is -0.870. The number of carbonyl (C=O) groups is 1. The van der Waals surface area contributed by atoms with Gasteiger partial charge in [-0.3, -0.25) is 0 Å². The maximum Gasteiger partial charge on any atom is 0.408 e. The summed E-state index contributed by atoms with van der Waals surface area (Å²) in [6, 6.07) is 16.0. The number of benzene rings is 2. The van der Waals surface area contributed by atoms with Gasteiger partial charge < -0.3 is 15.8 Å². The summed E-state index contributed by atoms with van der Waals surface area (Å²) in [7, 11) is 0. The van der Waals surface area contributed by atoms with E-state index in [2.05, 4.69) is 42.5 Å². The first-order valence-corrected chi connectivity index (χ1v) is 13.8. The highest BCUT2D eigenvalue weighted by molar-refractivity contribution is 15.0. The third kappa shape index (κ3) is 6.94. The third-order valence-electron chi connectivity index (χ3n) is 3.40. The molecule has 0 atom stereocenters. The third-order valence-corrected chi connectivity index (χ3v) is 3.40. The summed E-state index contributed by atoms with van der Waals surface area (Å²) < 4.78 is 5.60. The van der Waals surface area contributed by atoms with Crippen LogP contribution < -0.4 is 11.1 Å². The molecule has 3 N–H and O–H groups in total. The largest absolute Gasteiger partial charge is 0.436 e. The summed E-state index contributed by atoms with van der Waals surface area (Å²) in [5.74, 6) is 0. The molecule has 0 fully saturated rings. The van der Waals surface area contributed by atoms with Gasteiger partial charge in [0.05, 0.1) is 0 Å². The van der Waals surface area contributed by atoms with E-state index in [1.165, 1.54) is 11.1 Å². The number of alkyl carbamates (subject to hydrolysis) is 1. The van der Waals surface area contributed by atoms with E-state index in [1.54, 1.807) is 0 Å². The summed E-state index contributed by atoms with van der Waals surface area (Å²) in [4.78, 5) is 11.9. The van der Waals surface area contributed by atoms with E-state index in [-0.39, 0.29) is 0 Å². The van der Waals surface area contributed by atoms with Crippen LogP contribution in [0.25, 0.3) is 0 Å². The topological polar surface area (TPSA) is 64.3 Å². The monoisotopic (exact) mass is 552 g/mol. The van der Waals surface area contributed by atoms with Crippen LogP contribution in [-0.2, 0) is 4.74 Å². The first kappa shape index (κ1) is 21.2. The van der Waals surface area contributed by atoms with Gasteiger partial charge in [0.2, 0.25) is 0 Å². The second-order valence-electron chi connectivity index (χ2n) is 5.32. The van der Waals surface area contributed by atoms with Crippen molar-refractivity contribution in [1.29, 1.82) is 0 Å². The van der Waals surface area contributed by atoms with Crippen molar-refractivity contribution in [2.24, 2.45) is 5.73 Å². The van der Waals surface area contributed by atoms with Crippen molar-refractivity contribution in [3.8, 4) is 0 Å². The van der Waals surface area contributed by atoms with Crippen molar-refractivity contribution >= 4 is 43.3 Å². The lowest BCUT2D eigenvalue weighted by Crippen LogP contribution is -2.30. The number of hydrogen-bond acceptors (Lipinski definition) is 3. The molecule has 4 nitrogen and oxygen atoms in total. The first-order chi connectivity index (χ1) is 11.6. The van der Waals surface area contributed by atoms with Crippen molar-refractivity contribution in [2.75, 3.05) is 13.1 Å². The molecule has 0 bridgehead atoms. The van der Waals surface area contributed by atoms with Crippen LogP contribution in [0.1, 0.15) is 28.4 Å². The van der Waals surface area contributed by atoms with Crippen LogP contribution in [0, 0.1) is 13.8 Å². The average molecular weight is 552 g/mol. The predicted molar refractivity (Wildman–Crippen MR) is 116 cm³/mol. The highest BCUT2D eigenvalue weighted by Crippen LogP contribution is 2.26. The summed E-state index contributed by atoms with van der Waals surface area (Å²) in [5.41, 5.74) is 9.61. The molecule has 0 aliphatic heterocycles. The summed E-state index contributed by atoms with van der Waals surface area (Å²) in [6.45, 7) is 4.83. The van der Waals surface area contributed by atoms with E-state index in [0.717, 1.165) is 11.1 Å². The molecule has 0 aromatic heterocycles. The number of amides is 1. The summed E-state index contributed by atoms with van der Waals surface area (Å²) in [5, 5.41) is 2.64. The Morgan fingerprint density at radius 3 is 1.79 bits per heavy atom. The smallest absolute Gasteiger partial charge is 0.408 e. The Balaban J connectivity index is 0.00000139. The van der Waals surface area contributed by atoms with E-state index < -0.39 is 12.2 Å². The Kier molecular flexibility index (Phi) is 10.3. The zero-order valence-electron chi connectivity index (χ0n) is 13.8. The van der Waals surface area contributed by atoms with Crippen molar-refractivity contribution < 1.29 is 9.53 Å². The van der Waals surface area contributed by atoms with Gasteiger partial charge in [0, 0.05) is 50.3 Å². The van der Waals surface area contributed by atoms with Gasteiger partial charge in [-0.1, -0.05) is 59.7 Å². The number of ether oxygens (including phenoxy) is 1. The van der Waals surface area contributed by atoms with Crippen molar-refractivity contribution in [3.63, 3.8) is 0 Å². The highest BCUT2D eigenvalue weighted by atomic mass is 128. The maximum atomic E-state index is 11.9. The van der Waals surface area contributed by atoms with E-state index >= 15 is 0 Å². The number of halogens is 2. The molecular formula is C18H22I2N2O2. The van der Waals surface area contributed by atoms with Crippen LogP contribution in [0.3, 0.4) is 0 Å².